The Hall–Kier alpha value is -2.77. The summed E-state index contributed by atoms with van der Waals surface area (Å²) in [6, 6.07) is 7.13. The zero-order chi connectivity index (χ0) is 16.9. The fourth-order valence-electron chi connectivity index (χ4n) is 1.76. The monoisotopic (exact) mass is 316 g/mol. The average Bonchev–Trinajstić information content (AvgIpc) is 3.01. The minimum absolute atomic E-state index is 0.0731. The van der Waals surface area contributed by atoms with Crippen molar-refractivity contribution in [3.8, 4) is 5.69 Å². The zero-order valence-electron chi connectivity index (χ0n) is 13.4. The maximum atomic E-state index is 11.9. The SMILES string of the molecule is CC(C)(C)C(=O)NCCC(=O)Nc1ccc(-n2cnnn2)cc1. The molecule has 0 aliphatic heterocycles. The Morgan fingerprint density at radius 1 is 1.17 bits per heavy atom. The summed E-state index contributed by atoms with van der Waals surface area (Å²) in [6.45, 7) is 5.79. The largest absolute Gasteiger partial charge is 0.355 e. The third-order valence-electron chi connectivity index (χ3n) is 3.08. The lowest BCUT2D eigenvalue weighted by molar-refractivity contribution is -0.128. The van der Waals surface area contributed by atoms with Crippen molar-refractivity contribution in [2.24, 2.45) is 5.41 Å². The molecule has 8 nitrogen and oxygen atoms in total. The molecule has 0 radical (unpaired) electrons. The molecule has 0 saturated carbocycles. The van der Waals surface area contributed by atoms with Crippen LogP contribution in [0.15, 0.2) is 30.6 Å². The van der Waals surface area contributed by atoms with Crippen molar-refractivity contribution in [3.63, 3.8) is 0 Å². The van der Waals surface area contributed by atoms with Crippen LogP contribution in [-0.4, -0.2) is 38.6 Å². The Kier molecular flexibility index (Phi) is 5.05. The van der Waals surface area contributed by atoms with Gasteiger partial charge < -0.3 is 10.6 Å². The van der Waals surface area contributed by atoms with Gasteiger partial charge in [-0.1, -0.05) is 20.8 Å². The molecule has 8 heteroatoms. The lowest BCUT2D eigenvalue weighted by Crippen LogP contribution is -2.36. The molecule has 122 valence electrons. The normalized spacial score (nSPS) is 11.1. The van der Waals surface area contributed by atoms with Crippen molar-refractivity contribution < 1.29 is 9.59 Å². The quantitative estimate of drug-likeness (QED) is 0.861. The van der Waals surface area contributed by atoms with Crippen molar-refractivity contribution >= 4 is 17.5 Å². The molecule has 0 aliphatic carbocycles. The van der Waals surface area contributed by atoms with Crippen LogP contribution in [0.3, 0.4) is 0 Å². The van der Waals surface area contributed by atoms with Gasteiger partial charge in [0, 0.05) is 24.1 Å². The number of amides is 2. The van der Waals surface area contributed by atoms with Crippen LogP contribution in [0.1, 0.15) is 27.2 Å². The van der Waals surface area contributed by atoms with Gasteiger partial charge in [-0.2, -0.15) is 0 Å². The molecule has 0 aliphatic rings. The summed E-state index contributed by atoms with van der Waals surface area (Å²) in [7, 11) is 0. The predicted molar refractivity (Wildman–Crippen MR) is 84.9 cm³/mol. The number of tetrazole rings is 1. The van der Waals surface area contributed by atoms with Gasteiger partial charge in [0.15, 0.2) is 0 Å². The second-order valence-electron chi connectivity index (χ2n) is 6.11. The van der Waals surface area contributed by atoms with Crippen LogP contribution in [0.5, 0.6) is 0 Å². The van der Waals surface area contributed by atoms with E-state index in [-0.39, 0.29) is 18.2 Å². The van der Waals surface area contributed by atoms with E-state index in [2.05, 4.69) is 26.2 Å². The molecule has 0 bridgehead atoms. The molecule has 0 fully saturated rings. The molecule has 0 spiro atoms. The van der Waals surface area contributed by atoms with E-state index in [9.17, 15) is 9.59 Å². The van der Waals surface area contributed by atoms with E-state index in [1.54, 1.807) is 24.3 Å². The van der Waals surface area contributed by atoms with Crippen LogP contribution < -0.4 is 10.6 Å². The number of carbonyl (C=O) groups is 2. The minimum atomic E-state index is -0.456. The van der Waals surface area contributed by atoms with Crippen molar-refractivity contribution in [2.45, 2.75) is 27.2 Å². The number of hydrogen-bond acceptors (Lipinski definition) is 5. The number of aromatic nitrogens is 4. The first-order chi connectivity index (χ1) is 10.9. The van der Waals surface area contributed by atoms with Crippen LogP contribution in [0.2, 0.25) is 0 Å². The zero-order valence-corrected chi connectivity index (χ0v) is 13.4. The summed E-state index contributed by atoms with van der Waals surface area (Å²) in [5.41, 5.74) is 1.02. The minimum Gasteiger partial charge on any atom is -0.355 e. The molecule has 0 atom stereocenters. The predicted octanol–water partition coefficient (Wildman–Crippen LogP) is 1.15. The van der Waals surface area contributed by atoms with E-state index in [1.165, 1.54) is 11.0 Å². The van der Waals surface area contributed by atoms with Crippen LogP contribution in [0, 0.1) is 5.41 Å². The van der Waals surface area contributed by atoms with Crippen molar-refractivity contribution in [1.29, 1.82) is 0 Å². The number of nitrogens with zero attached hydrogens (tertiary/aromatic N) is 4. The molecule has 23 heavy (non-hydrogen) atoms. The molecule has 2 N–H and O–H groups in total. The Labute approximate surface area is 134 Å². The summed E-state index contributed by atoms with van der Waals surface area (Å²) >= 11 is 0. The van der Waals surface area contributed by atoms with Crippen molar-refractivity contribution in [3.05, 3.63) is 30.6 Å². The van der Waals surface area contributed by atoms with E-state index in [1.807, 2.05) is 20.8 Å². The molecule has 2 rings (SSSR count). The van der Waals surface area contributed by atoms with Gasteiger partial charge in [-0.3, -0.25) is 9.59 Å². The number of carbonyl (C=O) groups excluding carboxylic acids is 2. The van der Waals surface area contributed by atoms with Gasteiger partial charge in [0.05, 0.1) is 5.69 Å². The topological polar surface area (TPSA) is 102 Å². The maximum Gasteiger partial charge on any atom is 0.226 e. The van der Waals surface area contributed by atoms with Crippen LogP contribution >= 0.6 is 0 Å². The molecule has 1 heterocycles. The number of hydrogen-bond donors (Lipinski definition) is 2. The molecule has 0 unspecified atom stereocenters. The highest BCUT2D eigenvalue weighted by Gasteiger charge is 2.20. The van der Waals surface area contributed by atoms with Gasteiger partial charge in [0.1, 0.15) is 6.33 Å². The van der Waals surface area contributed by atoms with Gasteiger partial charge in [0.2, 0.25) is 11.8 Å². The molecule has 2 aromatic rings. The second kappa shape index (κ2) is 6.99. The average molecular weight is 316 g/mol. The first kappa shape index (κ1) is 16.6. The number of nitrogens with one attached hydrogen (secondary N) is 2. The third-order valence-corrected chi connectivity index (χ3v) is 3.08. The van der Waals surface area contributed by atoms with Gasteiger partial charge in [-0.15, -0.1) is 5.10 Å². The van der Waals surface area contributed by atoms with Crippen molar-refractivity contribution in [2.75, 3.05) is 11.9 Å². The van der Waals surface area contributed by atoms with Crippen LogP contribution in [0.25, 0.3) is 5.69 Å². The van der Waals surface area contributed by atoms with Gasteiger partial charge in [-0.05, 0) is 34.7 Å². The summed E-state index contributed by atoms with van der Waals surface area (Å²) in [5.74, 6) is -0.231. The molecule has 2 amide bonds. The van der Waals surface area contributed by atoms with Gasteiger partial charge in [0.25, 0.3) is 0 Å². The fourth-order valence-corrected chi connectivity index (χ4v) is 1.76. The highest BCUT2D eigenvalue weighted by molar-refractivity contribution is 5.91. The van der Waals surface area contributed by atoms with E-state index < -0.39 is 5.41 Å². The Morgan fingerprint density at radius 2 is 1.87 bits per heavy atom. The first-order valence-electron chi connectivity index (χ1n) is 7.28. The van der Waals surface area contributed by atoms with E-state index >= 15 is 0 Å². The molecule has 1 aromatic carbocycles. The number of benzene rings is 1. The molecule has 0 saturated heterocycles. The smallest absolute Gasteiger partial charge is 0.226 e. The van der Waals surface area contributed by atoms with Gasteiger partial charge in [-0.25, -0.2) is 4.68 Å². The van der Waals surface area contributed by atoms with Crippen LogP contribution in [0.4, 0.5) is 5.69 Å². The lowest BCUT2D eigenvalue weighted by Gasteiger charge is -2.17. The van der Waals surface area contributed by atoms with Crippen molar-refractivity contribution in [1.82, 2.24) is 25.5 Å². The Bertz CT molecular complexity index is 658. The van der Waals surface area contributed by atoms with E-state index in [0.717, 1.165) is 5.69 Å². The number of rotatable bonds is 5. The summed E-state index contributed by atoms with van der Waals surface area (Å²) < 4.78 is 1.52. The summed E-state index contributed by atoms with van der Waals surface area (Å²) in [5, 5.41) is 16.4. The van der Waals surface area contributed by atoms with Crippen LogP contribution in [-0.2, 0) is 9.59 Å². The van der Waals surface area contributed by atoms with E-state index in [4.69, 9.17) is 0 Å². The highest BCUT2D eigenvalue weighted by atomic mass is 16.2. The highest BCUT2D eigenvalue weighted by Crippen LogP contribution is 2.13. The molecule has 1 aromatic heterocycles. The second-order valence-corrected chi connectivity index (χ2v) is 6.11. The third kappa shape index (κ3) is 4.87. The summed E-state index contributed by atoms with van der Waals surface area (Å²) in [4.78, 5) is 23.6. The summed E-state index contributed by atoms with van der Waals surface area (Å²) in [6.07, 6.45) is 1.71. The number of anilines is 1. The maximum absolute atomic E-state index is 11.9. The van der Waals surface area contributed by atoms with Gasteiger partial charge >= 0.3 is 0 Å². The lowest BCUT2D eigenvalue weighted by atomic mass is 9.96. The van der Waals surface area contributed by atoms with E-state index in [0.29, 0.717) is 12.2 Å². The standard InChI is InChI=1S/C15H20N6O2/c1-15(2,3)14(23)16-9-8-13(22)18-11-4-6-12(7-5-11)21-10-17-19-20-21/h4-7,10H,8-9H2,1-3H3,(H,16,23)(H,18,22). The Balaban J connectivity index is 1.80. The Morgan fingerprint density at radius 3 is 2.43 bits per heavy atom. The fraction of sp³-hybridized carbons (Fsp3) is 0.400. The molecular weight excluding hydrogens is 296 g/mol. The molecular formula is C15H20N6O2. The first-order valence-corrected chi connectivity index (χ1v) is 7.28.